The fraction of sp³-hybridized carbons (Fsp3) is 0.222. The number of alkyl halides is 1. The van der Waals surface area contributed by atoms with E-state index < -0.39 is 17.9 Å². The highest BCUT2D eigenvalue weighted by Crippen LogP contribution is 2.40. The zero-order valence-electron chi connectivity index (χ0n) is 20.7. The van der Waals surface area contributed by atoms with Gasteiger partial charge in [0.1, 0.15) is 23.7 Å². The third kappa shape index (κ3) is 4.96. The van der Waals surface area contributed by atoms with Crippen molar-refractivity contribution in [2.45, 2.75) is 32.5 Å². The number of Topliss-reactive ketones (excluding diaryl/α,β-unsaturated/α-hetero) is 1. The number of amides is 2. The van der Waals surface area contributed by atoms with Gasteiger partial charge in [-0.05, 0) is 35.4 Å². The summed E-state index contributed by atoms with van der Waals surface area (Å²) in [6.07, 6.45) is 1.76. The number of nitrogens with one attached hydrogen (secondary N) is 2. The minimum atomic E-state index is -2.24. The second kappa shape index (κ2) is 9.39. The quantitative estimate of drug-likeness (QED) is 0.388. The summed E-state index contributed by atoms with van der Waals surface area (Å²) in [6, 6.07) is 10.9. The van der Waals surface area contributed by atoms with Crippen LogP contribution >= 0.6 is 0 Å². The Labute approximate surface area is 220 Å². The van der Waals surface area contributed by atoms with Crippen LogP contribution in [-0.4, -0.2) is 44.8 Å². The van der Waals surface area contributed by atoms with Gasteiger partial charge in [0.05, 0.1) is 6.20 Å². The molecule has 39 heavy (non-hydrogen) atoms. The Morgan fingerprint density at radius 1 is 0.974 bits per heavy atom. The van der Waals surface area contributed by atoms with Crippen molar-refractivity contribution >= 4 is 23.2 Å². The molecule has 198 valence electrons. The smallest absolute Gasteiger partial charge is 0.404 e. The van der Waals surface area contributed by atoms with Crippen LogP contribution in [-0.2, 0) is 24.3 Å². The third-order valence-corrected chi connectivity index (χ3v) is 6.22. The number of hydrogen-bond donors (Lipinski definition) is 2. The zero-order chi connectivity index (χ0) is 27.1. The summed E-state index contributed by atoms with van der Waals surface area (Å²) in [6.45, 7) is 1.52. The van der Waals surface area contributed by atoms with Crippen LogP contribution < -0.4 is 24.8 Å². The molecule has 4 aromatic rings. The molecule has 0 aliphatic carbocycles. The Bertz CT molecular complexity index is 1650. The van der Waals surface area contributed by atoms with E-state index in [0.717, 1.165) is 18.1 Å². The van der Waals surface area contributed by atoms with Crippen molar-refractivity contribution in [3.63, 3.8) is 0 Å². The predicted octanol–water partition coefficient (Wildman–Crippen LogP) is 2.51. The fourth-order valence-electron chi connectivity index (χ4n) is 4.42. The van der Waals surface area contributed by atoms with Gasteiger partial charge in [-0.3, -0.25) is 14.4 Å². The van der Waals surface area contributed by atoms with Gasteiger partial charge in [-0.25, -0.2) is 9.50 Å². The molecule has 2 N–H and O–H groups in total. The number of ketones is 1. The number of halogens is 1. The molecule has 12 heteroatoms. The zero-order valence-corrected chi connectivity index (χ0v) is 20.7. The summed E-state index contributed by atoms with van der Waals surface area (Å²) < 4.78 is 30.8. The molecule has 2 aliphatic heterocycles. The number of rotatable bonds is 6. The molecule has 0 spiro atoms. The number of ether oxygens (including phenoxy) is 3. The average molecular weight is 532 g/mol. The molecule has 0 bridgehead atoms. The maximum Gasteiger partial charge on any atom is 0.404 e. The molecule has 0 fully saturated rings. The number of hydrogen-bond acceptors (Lipinski definition) is 8. The molecule has 11 nitrogen and oxygen atoms in total. The van der Waals surface area contributed by atoms with Crippen molar-refractivity contribution in [2.24, 2.45) is 0 Å². The van der Waals surface area contributed by atoms with Crippen molar-refractivity contribution in [3.05, 3.63) is 82.8 Å². The Hall–Kier alpha value is -5.00. The summed E-state index contributed by atoms with van der Waals surface area (Å²) in [4.78, 5) is 42.1. The molecule has 2 aromatic carbocycles. The SMILES string of the molecule is CC1(F)Oc2ccc(CNC(=O)c3cc(C(=O)NCc4ccc5c(c4)CC(=O)CO5)nc4ccnn34)cc2O1. The number of aromatic nitrogens is 3. The second-order valence-electron chi connectivity index (χ2n) is 9.26. The van der Waals surface area contributed by atoms with Crippen molar-refractivity contribution in [1.82, 2.24) is 25.2 Å². The van der Waals surface area contributed by atoms with E-state index in [4.69, 9.17) is 14.2 Å². The largest absolute Gasteiger partial charge is 0.486 e. The number of benzene rings is 2. The van der Waals surface area contributed by atoms with Crippen LogP contribution in [0.5, 0.6) is 17.2 Å². The highest BCUT2D eigenvalue weighted by molar-refractivity contribution is 5.98. The topological polar surface area (TPSA) is 133 Å². The minimum absolute atomic E-state index is 0.00549. The lowest BCUT2D eigenvalue weighted by molar-refractivity contribution is -0.173. The van der Waals surface area contributed by atoms with E-state index in [-0.39, 0.29) is 54.8 Å². The molecule has 2 amide bonds. The minimum Gasteiger partial charge on any atom is -0.486 e. The van der Waals surface area contributed by atoms with E-state index in [2.05, 4.69) is 20.7 Å². The monoisotopic (exact) mass is 531 g/mol. The molecule has 1 atom stereocenters. The number of carbonyl (C=O) groups excluding carboxylic acids is 3. The van der Waals surface area contributed by atoms with Gasteiger partial charge in [0.15, 0.2) is 22.9 Å². The highest BCUT2D eigenvalue weighted by atomic mass is 19.2. The van der Waals surface area contributed by atoms with Crippen molar-refractivity contribution in [2.75, 3.05) is 6.61 Å². The van der Waals surface area contributed by atoms with Crippen molar-refractivity contribution < 1.29 is 33.0 Å². The average Bonchev–Trinajstić information content (AvgIpc) is 3.51. The van der Waals surface area contributed by atoms with E-state index in [0.29, 0.717) is 17.0 Å². The normalized spacial score (nSPS) is 17.4. The Morgan fingerprint density at radius 2 is 1.69 bits per heavy atom. The van der Waals surface area contributed by atoms with E-state index >= 15 is 0 Å². The third-order valence-electron chi connectivity index (χ3n) is 6.22. The Balaban J connectivity index is 1.15. The molecule has 2 aliphatic rings. The molecule has 0 saturated carbocycles. The van der Waals surface area contributed by atoms with Crippen LogP contribution in [0.2, 0.25) is 0 Å². The van der Waals surface area contributed by atoms with E-state index in [9.17, 15) is 18.8 Å². The Kier molecular flexibility index (Phi) is 5.86. The van der Waals surface area contributed by atoms with Gasteiger partial charge in [0.2, 0.25) is 0 Å². The molecule has 0 saturated heterocycles. The molecule has 2 aromatic heterocycles. The van der Waals surface area contributed by atoms with Gasteiger partial charge in [-0.2, -0.15) is 9.49 Å². The lowest BCUT2D eigenvalue weighted by Gasteiger charge is -2.17. The molecular weight excluding hydrogens is 509 g/mol. The van der Waals surface area contributed by atoms with E-state index in [1.165, 1.54) is 16.8 Å². The van der Waals surface area contributed by atoms with E-state index in [1.807, 2.05) is 12.1 Å². The highest BCUT2D eigenvalue weighted by Gasteiger charge is 2.36. The maximum absolute atomic E-state index is 13.9. The predicted molar refractivity (Wildman–Crippen MR) is 133 cm³/mol. The van der Waals surface area contributed by atoms with Crippen LogP contribution in [0.25, 0.3) is 5.65 Å². The van der Waals surface area contributed by atoms with E-state index in [1.54, 1.807) is 30.3 Å². The molecule has 1 unspecified atom stereocenters. The molecular formula is C27H22FN5O6. The lowest BCUT2D eigenvalue weighted by Crippen LogP contribution is -2.28. The summed E-state index contributed by atoms with van der Waals surface area (Å²) in [5.74, 6) is 0.191. The van der Waals surface area contributed by atoms with Crippen molar-refractivity contribution in [3.8, 4) is 17.2 Å². The fourth-order valence-corrected chi connectivity index (χ4v) is 4.42. The maximum atomic E-state index is 13.9. The van der Waals surface area contributed by atoms with Crippen molar-refractivity contribution in [1.29, 1.82) is 0 Å². The van der Waals surface area contributed by atoms with Gasteiger partial charge >= 0.3 is 6.04 Å². The first kappa shape index (κ1) is 24.3. The first-order valence-corrected chi connectivity index (χ1v) is 12.1. The first-order chi connectivity index (χ1) is 18.7. The number of nitrogens with zero attached hydrogens (tertiary/aromatic N) is 3. The van der Waals surface area contributed by atoms with Crippen LogP contribution in [0.3, 0.4) is 0 Å². The molecule has 4 heterocycles. The summed E-state index contributed by atoms with van der Waals surface area (Å²) in [5, 5.41) is 9.72. The molecule has 0 radical (unpaired) electrons. The van der Waals surface area contributed by atoms with Crippen LogP contribution in [0.4, 0.5) is 4.39 Å². The van der Waals surface area contributed by atoms with Gasteiger partial charge in [-0.1, -0.05) is 12.1 Å². The van der Waals surface area contributed by atoms with Gasteiger partial charge in [0.25, 0.3) is 11.8 Å². The molecule has 6 rings (SSSR count). The lowest BCUT2D eigenvalue weighted by atomic mass is 10.0. The van der Waals surface area contributed by atoms with Crippen LogP contribution in [0.1, 0.15) is 44.6 Å². The Morgan fingerprint density at radius 3 is 2.51 bits per heavy atom. The first-order valence-electron chi connectivity index (χ1n) is 12.1. The van der Waals surface area contributed by atoms with Gasteiger partial charge in [-0.15, -0.1) is 0 Å². The summed E-state index contributed by atoms with van der Waals surface area (Å²) in [7, 11) is 0. The number of fused-ring (bicyclic) bond motifs is 3. The van der Waals surface area contributed by atoms with Crippen LogP contribution in [0, 0.1) is 0 Å². The van der Waals surface area contributed by atoms with Gasteiger partial charge in [0, 0.05) is 44.1 Å². The summed E-state index contributed by atoms with van der Waals surface area (Å²) in [5.41, 5.74) is 2.69. The second-order valence-corrected chi connectivity index (χ2v) is 9.26. The van der Waals surface area contributed by atoms with Crippen LogP contribution in [0.15, 0.2) is 54.7 Å². The summed E-state index contributed by atoms with van der Waals surface area (Å²) >= 11 is 0. The standard InChI is InChI=1S/C27H22FN5O6/c1-27(28)38-22-5-3-16(9-23(22)39-27)13-30-26(36)20-11-19(32-24-6-7-31-33(20)24)25(35)29-12-15-2-4-21-17(8-15)10-18(34)14-37-21/h2-9,11H,10,12-14H2,1H3,(H,29,35)(H,30,36). The number of carbonyl (C=O) groups is 3. The van der Waals surface area contributed by atoms with Gasteiger partial charge < -0.3 is 24.8 Å².